The first-order valence-electron chi connectivity index (χ1n) is 7.10. The van der Waals surface area contributed by atoms with Crippen molar-refractivity contribution in [3.8, 4) is 0 Å². The quantitative estimate of drug-likeness (QED) is 0.656. The standard InChI is InChI=1S/C18H21O2P/c1-3-16(14-15(2)19)21(20,17-10-6-4-7-11-17)18-12-8-5-9-13-18/h3-13,15-16,19H,1,14H2,2H3. The van der Waals surface area contributed by atoms with E-state index in [1.54, 1.807) is 13.0 Å². The molecule has 21 heavy (non-hydrogen) atoms. The Morgan fingerprint density at radius 3 is 1.81 bits per heavy atom. The van der Waals surface area contributed by atoms with E-state index in [2.05, 4.69) is 6.58 Å². The molecule has 0 aliphatic heterocycles. The summed E-state index contributed by atoms with van der Waals surface area (Å²) in [5.74, 6) is 0. The molecule has 0 radical (unpaired) electrons. The number of benzene rings is 2. The van der Waals surface area contributed by atoms with Gasteiger partial charge in [-0.05, 0) is 13.3 Å². The lowest BCUT2D eigenvalue weighted by Gasteiger charge is -2.27. The average molecular weight is 300 g/mol. The highest BCUT2D eigenvalue weighted by Gasteiger charge is 2.35. The van der Waals surface area contributed by atoms with Crippen LogP contribution in [0.15, 0.2) is 73.3 Å². The van der Waals surface area contributed by atoms with Crippen LogP contribution in [-0.2, 0) is 4.57 Å². The van der Waals surface area contributed by atoms with Gasteiger partial charge in [0, 0.05) is 16.3 Å². The van der Waals surface area contributed by atoms with E-state index in [0.29, 0.717) is 6.42 Å². The van der Waals surface area contributed by atoms with Gasteiger partial charge in [-0.2, -0.15) is 0 Å². The summed E-state index contributed by atoms with van der Waals surface area (Å²) in [5.41, 5.74) is -0.276. The zero-order chi connectivity index (χ0) is 15.3. The molecular weight excluding hydrogens is 279 g/mol. The zero-order valence-corrected chi connectivity index (χ0v) is 13.1. The van der Waals surface area contributed by atoms with Crippen LogP contribution in [0.25, 0.3) is 0 Å². The molecule has 3 heteroatoms. The van der Waals surface area contributed by atoms with Crippen LogP contribution in [-0.4, -0.2) is 16.9 Å². The maximum absolute atomic E-state index is 13.9. The molecule has 0 saturated carbocycles. The van der Waals surface area contributed by atoms with Crippen LogP contribution >= 0.6 is 7.14 Å². The average Bonchev–Trinajstić information content (AvgIpc) is 2.53. The first kappa shape index (κ1) is 15.8. The molecule has 0 aliphatic rings. The molecule has 1 N–H and O–H groups in total. The van der Waals surface area contributed by atoms with Crippen molar-refractivity contribution < 1.29 is 9.67 Å². The second-order valence-electron chi connectivity index (χ2n) is 5.22. The van der Waals surface area contributed by atoms with Gasteiger partial charge in [0.25, 0.3) is 0 Å². The summed E-state index contributed by atoms with van der Waals surface area (Å²) in [6.45, 7) is 5.57. The smallest absolute Gasteiger partial charge is 0.149 e. The molecular formula is C18H21O2P. The van der Waals surface area contributed by atoms with E-state index in [-0.39, 0.29) is 5.66 Å². The van der Waals surface area contributed by atoms with E-state index >= 15 is 0 Å². The Morgan fingerprint density at radius 2 is 1.48 bits per heavy atom. The van der Waals surface area contributed by atoms with Crippen LogP contribution < -0.4 is 10.6 Å². The fourth-order valence-corrected chi connectivity index (χ4v) is 5.77. The molecule has 2 rings (SSSR count). The van der Waals surface area contributed by atoms with Crippen molar-refractivity contribution in [2.75, 3.05) is 0 Å². The Kier molecular flexibility index (Phi) is 5.17. The Balaban J connectivity index is 2.59. The van der Waals surface area contributed by atoms with Crippen molar-refractivity contribution in [3.05, 3.63) is 73.3 Å². The van der Waals surface area contributed by atoms with Gasteiger partial charge in [-0.15, -0.1) is 6.58 Å². The summed E-state index contributed by atoms with van der Waals surface area (Å²) < 4.78 is 13.9. The minimum absolute atomic E-state index is 0.276. The van der Waals surface area contributed by atoms with Gasteiger partial charge in [0.05, 0.1) is 6.10 Å². The largest absolute Gasteiger partial charge is 0.393 e. The summed E-state index contributed by atoms with van der Waals surface area (Å²) in [5, 5.41) is 11.4. The number of aliphatic hydroxyl groups excluding tert-OH is 1. The van der Waals surface area contributed by atoms with Crippen molar-refractivity contribution >= 4 is 17.8 Å². The second-order valence-corrected chi connectivity index (χ2v) is 8.23. The molecule has 2 aromatic carbocycles. The maximum Gasteiger partial charge on any atom is 0.149 e. The summed E-state index contributed by atoms with van der Waals surface area (Å²) in [4.78, 5) is 0. The highest BCUT2D eigenvalue weighted by Crippen LogP contribution is 2.50. The fourth-order valence-electron chi connectivity index (χ4n) is 2.57. The molecule has 0 fully saturated rings. The third kappa shape index (κ3) is 3.34. The molecule has 2 unspecified atom stereocenters. The van der Waals surface area contributed by atoms with Gasteiger partial charge in [-0.1, -0.05) is 66.7 Å². The first-order chi connectivity index (χ1) is 10.1. The summed E-state index contributed by atoms with van der Waals surface area (Å²) in [6, 6.07) is 19.0. The molecule has 0 bridgehead atoms. The van der Waals surface area contributed by atoms with Crippen LogP contribution in [0.1, 0.15) is 13.3 Å². The molecule has 110 valence electrons. The lowest BCUT2D eigenvalue weighted by Crippen LogP contribution is -2.27. The van der Waals surface area contributed by atoms with Crippen molar-refractivity contribution in [1.29, 1.82) is 0 Å². The predicted molar refractivity (Wildman–Crippen MR) is 90.0 cm³/mol. The zero-order valence-electron chi connectivity index (χ0n) is 12.2. The van der Waals surface area contributed by atoms with Crippen molar-refractivity contribution in [1.82, 2.24) is 0 Å². The molecule has 2 aromatic rings. The minimum atomic E-state index is -2.87. The maximum atomic E-state index is 13.9. The summed E-state index contributed by atoms with van der Waals surface area (Å²) in [7, 11) is -2.87. The third-order valence-electron chi connectivity index (χ3n) is 3.60. The second kappa shape index (κ2) is 6.89. The number of aliphatic hydroxyl groups is 1. The van der Waals surface area contributed by atoms with Crippen molar-refractivity contribution in [2.24, 2.45) is 0 Å². The van der Waals surface area contributed by atoms with Gasteiger partial charge in [-0.3, -0.25) is 0 Å². The van der Waals surface area contributed by atoms with Gasteiger partial charge < -0.3 is 9.67 Å². The van der Waals surface area contributed by atoms with Gasteiger partial charge in [0.15, 0.2) is 0 Å². The van der Waals surface area contributed by atoms with E-state index in [9.17, 15) is 9.67 Å². The number of allylic oxidation sites excluding steroid dienone is 1. The highest BCUT2D eigenvalue weighted by molar-refractivity contribution is 7.79. The normalized spacial score (nSPS) is 14.4. The van der Waals surface area contributed by atoms with Crippen molar-refractivity contribution in [3.63, 3.8) is 0 Å². The summed E-state index contributed by atoms with van der Waals surface area (Å²) in [6.07, 6.45) is 1.63. The van der Waals surface area contributed by atoms with Gasteiger partial charge in [0.1, 0.15) is 7.14 Å². The lowest BCUT2D eigenvalue weighted by molar-refractivity contribution is 0.186. The molecule has 0 heterocycles. The molecule has 2 atom stereocenters. The Labute approximate surface area is 126 Å². The molecule has 0 saturated heterocycles. The Hall–Kier alpha value is -1.63. The number of rotatable bonds is 6. The third-order valence-corrected chi connectivity index (χ3v) is 7.09. The Bertz CT molecular complexity index is 577. The Morgan fingerprint density at radius 1 is 1.05 bits per heavy atom. The topological polar surface area (TPSA) is 37.3 Å². The van der Waals surface area contributed by atoms with Crippen molar-refractivity contribution in [2.45, 2.75) is 25.1 Å². The minimum Gasteiger partial charge on any atom is -0.393 e. The summed E-state index contributed by atoms with van der Waals surface area (Å²) >= 11 is 0. The van der Waals surface area contributed by atoms with Crippen LogP contribution in [0.3, 0.4) is 0 Å². The van der Waals surface area contributed by atoms with E-state index in [1.165, 1.54) is 0 Å². The number of hydrogen-bond acceptors (Lipinski definition) is 2. The molecule has 2 nitrogen and oxygen atoms in total. The molecule has 0 aromatic heterocycles. The highest BCUT2D eigenvalue weighted by atomic mass is 31.2. The van der Waals surface area contributed by atoms with E-state index in [4.69, 9.17) is 0 Å². The fraction of sp³-hybridized carbons (Fsp3) is 0.222. The van der Waals surface area contributed by atoms with Crippen LogP contribution in [0, 0.1) is 0 Å². The first-order valence-corrected chi connectivity index (χ1v) is 8.88. The lowest BCUT2D eigenvalue weighted by atomic mass is 10.2. The van der Waals surface area contributed by atoms with Gasteiger partial charge in [0.2, 0.25) is 0 Å². The molecule has 0 amide bonds. The monoisotopic (exact) mass is 300 g/mol. The molecule has 0 spiro atoms. The molecule has 0 aliphatic carbocycles. The van der Waals surface area contributed by atoms with Gasteiger partial charge >= 0.3 is 0 Å². The number of hydrogen-bond donors (Lipinski definition) is 1. The van der Waals surface area contributed by atoms with E-state index in [0.717, 1.165) is 10.6 Å². The van der Waals surface area contributed by atoms with Gasteiger partial charge in [-0.25, -0.2) is 0 Å². The van der Waals surface area contributed by atoms with Crippen LogP contribution in [0.5, 0.6) is 0 Å². The van der Waals surface area contributed by atoms with Crippen LogP contribution in [0.4, 0.5) is 0 Å². The van der Waals surface area contributed by atoms with E-state index < -0.39 is 13.2 Å². The SMILES string of the molecule is C=CC(CC(C)O)P(=O)(c1ccccc1)c1ccccc1. The predicted octanol–water partition coefficient (Wildman–Crippen LogP) is 3.33. The van der Waals surface area contributed by atoms with E-state index in [1.807, 2.05) is 60.7 Å². The van der Waals surface area contributed by atoms with Crippen LogP contribution in [0.2, 0.25) is 0 Å².